The lowest BCUT2D eigenvalue weighted by Gasteiger charge is -2.40. The minimum Gasteiger partial charge on any atom is -0.465 e. The predicted molar refractivity (Wildman–Crippen MR) is 154 cm³/mol. The van der Waals surface area contributed by atoms with Crippen LogP contribution in [0, 0.1) is 22.9 Å². The van der Waals surface area contributed by atoms with Gasteiger partial charge in [-0.05, 0) is 71.5 Å². The molecule has 0 aromatic heterocycles. The summed E-state index contributed by atoms with van der Waals surface area (Å²) in [5, 5.41) is 3.28. The fourth-order valence-corrected chi connectivity index (χ4v) is 7.30. The van der Waals surface area contributed by atoms with Crippen molar-refractivity contribution in [3.05, 3.63) is 93.8 Å². The smallest absolute Gasteiger partial charge is 0.337 e. The zero-order valence-electron chi connectivity index (χ0n) is 23.9. The number of anilines is 2. The van der Waals surface area contributed by atoms with Crippen molar-refractivity contribution < 1.29 is 32.3 Å². The molecule has 3 aromatic carbocycles. The van der Waals surface area contributed by atoms with E-state index in [0.29, 0.717) is 22.7 Å². The second-order valence-corrected chi connectivity index (χ2v) is 12.9. The van der Waals surface area contributed by atoms with Gasteiger partial charge < -0.3 is 10.1 Å². The molecule has 224 valence electrons. The lowest BCUT2D eigenvalue weighted by molar-refractivity contribution is -0.122. The Morgan fingerprint density at radius 3 is 2.47 bits per heavy atom. The second-order valence-electron chi connectivity index (χ2n) is 12.5. The maximum Gasteiger partial charge on any atom is 0.337 e. The molecule has 3 heterocycles. The van der Waals surface area contributed by atoms with Crippen molar-refractivity contribution in [1.82, 2.24) is 4.90 Å². The van der Waals surface area contributed by atoms with Gasteiger partial charge in [0.05, 0.1) is 31.1 Å². The van der Waals surface area contributed by atoms with E-state index in [1.54, 1.807) is 23.1 Å². The average Bonchev–Trinajstić information content (AvgIpc) is 3.51. The van der Waals surface area contributed by atoms with Gasteiger partial charge >= 0.3 is 5.97 Å². The Bertz CT molecular complexity index is 1690. The lowest BCUT2D eigenvalue weighted by atomic mass is 9.62. The summed E-state index contributed by atoms with van der Waals surface area (Å²) >= 11 is 6.27. The topological polar surface area (TPSA) is 79.0 Å². The summed E-state index contributed by atoms with van der Waals surface area (Å²) in [7, 11) is 1.18. The van der Waals surface area contributed by atoms with Gasteiger partial charge in [0.25, 0.3) is 0 Å². The highest BCUT2D eigenvalue weighted by atomic mass is 35.5. The average molecular weight is 612 g/mol. The molecule has 2 fully saturated rings. The first-order valence-electron chi connectivity index (χ1n) is 13.8. The number of rotatable bonds is 4. The van der Waals surface area contributed by atoms with Gasteiger partial charge in [-0.1, -0.05) is 38.4 Å². The van der Waals surface area contributed by atoms with Crippen LogP contribution >= 0.6 is 11.6 Å². The van der Waals surface area contributed by atoms with Crippen molar-refractivity contribution in [2.75, 3.05) is 24.0 Å². The highest BCUT2D eigenvalue weighted by Gasteiger charge is 2.71. The summed E-state index contributed by atoms with van der Waals surface area (Å²) in [5.74, 6) is -5.26. The molecule has 2 saturated heterocycles. The van der Waals surface area contributed by atoms with Crippen LogP contribution in [0.2, 0.25) is 5.02 Å². The molecule has 0 saturated carbocycles. The van der Waals surface area contributed by atoms with Crippen LogP contribution in [-0.4, -0.2) is 48.5 Å². The molecule has 11 heteroatoms. The number of nitrogens with zero attached hydrogens (tertiary/aromatic N) is 2. The Hall–Kier alpha value is -3.89. The number of hydrogen-bond donors (Lipinski definition) is 1. The number of methoxy groups -OCH3 is 1. The maximum absolute atomic E-state index is 15.7. The minimum atomic E-state index is -1.50. The molecular weight excluding hydrogens is 583 g/mol. The van der Waals surface area contributed by atoms with Crippen LogP contribution in [0.5, 0.6) is 0 Å². The molecule has 7 nitrogen and oxygen atoms in total. The van der Waals surface area contributed by atoms with Crippen LogP contribution in [0.15, 0.2) is 54.6 Å². The summed E-state index contributed by atoms with van der Waals surface area (Å²) in [5.41, 5.74) is -1.14. The van der Waals surface area contributed by atoms with E-state index < -0.39 is 58.7 Å². The molecular formula is C32H29ClF3N3O4. The predicted octanol–water partition coefficient (Wildman–Crippen LogP) is 6.01. The highest BCUT2D eigenvalue weighted by Crippen LogP contribution is 2.61. The quantitative estimate of drug-likeness (QED) is 0.366. The van der Waals surface area contributed by atoms with E-state index >= 15 is 8.78 Å². The van der Waals surface area contributed by atoms with E-state index in [1.165, 1.54) is 24.1 Å². The largest absolute Gasteiger partial charge is 0.465 e. The minimum absolute atomic E-state index is 0.0296. The second kappa shape index (κ2) is 10.1. The Labute approximate surface area is 251 Å². The fraction of sp³-hybridized carbons (Fsp3) is 0.344. The molecule has 0 unspecified atom stereocenters. The number of fused-ring (bicyclic) bond motifs is 3. The highest BCUT2D eigenvalue weighted by molar-refractivity contribution is 6.31. The molecule has 3 aliphatic rings. The van der Waals surface area contributed by atoms with Crippen LogP contribution in [0.25, 0.3) is 0 Å². The van der Waals surface area contributed by atoms with Crippen LogP contribution in [0.4, 0.5) is 24.5 Å². The summed E-state index contributed by atoms with van der Waals surface area (Å²) in [6.07, 6.45) is 0.386. The molecule has 3 aliphatic heterocycles. The lowest BCUT2D eigenvalue weighted by Crippen LogP contribution is -2.52. The van der Waals surface area contributed by atoms with E-state index in [2.05, 4.69) is 10.1 Å². The Morgan fingerprint density at radius 1 is 1.05 bits per heavy atom. The molecule has 43 heavy (non-hydrogen) atoms. The Balaban J connectivity index is 1.58. The van der Waals surface area contributed by atoms with Crippen molar-refractivity contribution in [3.63, 3.8) is 0 Å². The van der Waals surface area contributed by atoms with Gasteiger partial charge in [-0.15, -0.1) is 0 Å². The van der Waals surface area contributed by atoms with Crippen molar-refractivity contribution in [2.24, 2.45) is 5.41 Å². The number of ether oxygens (including phenoxy) is 1. The summed E-state index contributed by atoms with van der Waals surface area (Å²) in [6.45, 7) is 5.84. The van der Waals surface area contributed by atoms with Crippen molar-refractivity contribution in [2.45, 2.75) is 50.6 Å². The normalized spacial score (nSPS) is 24.8. The SMILES string of the molecule is COC(=O)c1ccc(N2CN3[C@@H](CC(C)(C)C)[C@@]4(C(=O)Nc5cc(Cl)ccc54)[C@@H](c4cc(F)ccc4F)[C@@H]3C2=O)c(F)c1. The third kappa shape index (κ3) is 4.41. The van der Waals surface area contributed by atoms with Gasteiger partial charge in [0.2, 0.25) is 11.8 Å². The van der Waals surface area contributed by atoms with Crippen molar-refractivity contribution in [1.29, 1.82) is 0 Å². The van der Waals surface area contributed by atoms with Crippen LogP contribution < -0.4 is 10.2 Å². The number of carbonyl (C=O) groups is 3. The van der Waals surface area contributed by atoms with E-state index in [0.717, 1.165) is 24.3 Å². The van der Waals surface area contributed by atoms with E-state index in [4.69, 9.17) is 11.6 Å². The number of carbonyl (C=O) groups excluding carboxylic acids is 3. The van der Waals surface area contributed by atoms with E-state index in [-0.39, 0.29) is 28.9 Å². The van der Waals surface area contributed by atoms with Crippen molar-refractivity contribution in [3.8, 4) is 0 Å². The first kappa shape index (κ1) is 29.2. The van der Waals surface area contributed by atoms with Gasteiger partial charge in [0.15, 0.2) is 0 Å². The fourth-order valence-electron chi connectivity index (χ4n) is 7.13. The van der Waals surface area contributed by atoms with Gasteiger partial charge in [0.1, 0.15) is 22.9 Å². The third-order valence-electron chi connectivity index (χ3n) is 8.72. The molecule has 3 aromatic rings. The zero-order chi connectivity index (χ0) is 31.0. The number of hydrogen-bond acceptors (Lipinski definition) is 5. The molecule has 4 atom stereocenters. The number of benzene rings is 3. The molecule has 2 amide bonds. The van der Waals surface area contributed by atoms with Gasteiger partial charge in [0, 0.05) is 22.7 Å². The number of nitrogens with one attached hydrogen (secondary N) is 1. The maximum atomic E-state index is 15.7. The molecule has 1 spiro atoms. The summed E-state index contributed by atoms with van der Waals surface area (Å²) in [4.78, 5) is 43.7. The van der Waals surface area contributed by atoms with Gasteiger partial charge in [-0.25, -0.2) is 18.0 Å². The molecule has 0 bridgehead atoms. The van der Waals surface area contributed by atoms with Crippen molar-refractivity contribution >= 4 is 40.8 Å². The van der Waals surface area contributed by atoms with E-state index in [1.807, 2.05) is 20.8 Å². The van der Waals surface area contributed by atoms with Crippen LogP contribution in [-0.2, 0) is 19.7 Å². The Morgan fingerprint density at radius 2 is 1.79 bits per heavy atom. The number of esters is 1. The monoisotopic (exact) mass is 611 g/mol. The summed E-state index contributed by atoms with van der Waals surface area (Å²) < 4.78 is 50.6. The Kier molecular flexibility index (Phi) is 6.85. The van der Waals surface area contributed by atoms with Crippen LogP contribution in [0.1, 0.15) is 54.6 Å². The molecule has 6 rings (SSSR count). The van der Waals surface area contributed by atoms with Crippen LogP contribution in [0.3, 0.4) is 0 Å². The first-order valence-corrected chi connectivity index (χ1v) is 14.2. The first-order chi connectivity index (χ1) is 20.3. The molecule has 1 N–H and O–H groups in total. The standard InChI is InChI=1S/C32H29ClF3N3O4/c1-31(2,3)14-25-32(20-8-6-17(33)12-23(20)37-30(32)42)26(19-13-18(34)7-9-21(19)35)27-28(40)38(15-39(25)27)24-10-5-16(11-22(24)36)29(41)43-4/h5-13,25-27H,14-15H2,1-4H3,(H,37,42)/t25-,26-,27+,32+/m0/s1. The van der Waals surface area contributed by atoms with Gasteiger partial charge in [-0.3, -0.25) is 19.4 Å². The zero-order valence-corrected chi connectivity index (χ0v) is 24.6. The van der Waals surface area contributed by atoms with Gasteiger partial charge in [-0.2, -0.15) is 0 Å². The number of halogens is 4. The summed E-state index contributed by atoms with van der Waals surface area (Å²) in [6, 6.07) is 9.75. The number of amides is 2. The third-order valence-corrected chi connectivity index (χ3v) is 8.96. The van der Waals surface area contributed by atoms with E-state index in [9.17, 15) is 18.8 Å². The molecule has 0 radical (unpaired) electrons. The molecule has 0 aliphatic carbocycles.